The van der Waals surface area contributed by atoms with E-state index in [-0.39, 0.29) is 64.3 Å². The zero-order valence-electron chi connectivity index (χ0n) is 25.0. The van der Waals surface area contributed by atoms with Gasteiger partial charge in [0.25, 0.3) is 0 Å². The highest BCUT2D eigenvalue weighted by Gasteiger charge is 2.47. The van der Waals surface area contributed by atoms with E-state index in [0.717, 1.165) is 51.6 Å². The van der Waals surface area contributed by atoms with Gasteiger partial charge in [0.05, 0.1) is 18.2 Å². The first-order valence-electron chi connectivity index (χ1n) is 15.6. The molecule has 6 heterocycles. The molecule has 0 unspecified atom stereocenters. The van der Waals surface area contributed by atoms with Crippen molar-refractivity contribution >= 4 is 39.8 Å². The molecule has 0 radical (unpaired) electrons. The standard InChI is InChI=1S/C32H36ClFN8O3/c1-16-11-32(6-2-7-41(32)12-16)15-45-31-39-27-24-29(40-31)42-8-3-9-43-13-18(42)14-44-30(24)38-26(25(27)34)23-21(17-4-5-17)19(33)10-20(35)22(23)28(36)37/h10,17-18H,1-9,11-15,35H2,(H3,36,37)/t18-,32-/m0/s1. The number of anilines is 2. The Morgan fingerprint density at radius 1 is 1.22 bits per heavy atom. The number of aromatic nitrogens is 3. The van der Waals surface area contributed by atoms with Gasteiger partial charge >= 0.3 is 6.01 Å². The summed E-state index contributed by atoms with van der Waals surface area (Å²) in [6.07, 6.45) is 5.46. The third-order valence-corrected chi connectivity index (χ3v) is 10.2. The fourth-order valence-electron chi connectivity index (χ4n) is 7.70. The maximum absolute atomic E-state index is 17.1. The molecular formula is C32H36ClFN8O3. The average Bonchev–Trinajstić information content (AvgIpc) is 3.75. The van der Waals surface area contributed by atoms with Crippen molar-refractivity contribution in [2.75, 3.05) is 56.7 Å². The highest BCUT2D eigenvalue weighted by molar-refractivity contribution is 6.33. The predicted molar refractivity (Wildman–Crippen MR) is 170 cm³/mol. The lowest BCUT2D eigenvalue weighted by Crippen LogP contribution is -2.43. The molecule has 4 aliphatic heterocycles. The predicted octanol–water partition coefficient (Wildman–Crippen LogP) is 4.39. The SMILES string of the molecule is C=C1CN2CCC[C@@]2(COc2nc3c4c(nc(-c5c(C(=N)N)c(N)cc(Cl)c5C5CC5)c(F)c4n2)OC[C@@H]2COCCCN32)C1. The van der Waals surface area contributed by atoms with E-state index >= 15 is 4.39 Å². The fourth-order valence-corrected chi connectivity index (χ4v) is 8.07. The van der Waals surface area contributed by atoms with Gasteiger partial charge in [0.1, 0.15) is 41.5 Å². The molecule has 0 spiro atoms. The second-order valence-electron chi connectivity index (χ2n) is 13.0. The molecule has 3 aromatic rings. The largest absolute Gasteiger partial charge is 0.475 e. The Bertz CT molecular complexity index is 1770. The number of fused-ring (bicyclic) bond motifs is 3. The molecule has 8 rings (SSSR count). The Kier molecular flexibility index (Phi) is 6.81. The van der Waals surface area contributed by atoms with Gasteiger partial charge in [0, 0.05) is 41.5 Å². The third-order valence-electron chi connectivity index (χ3n) is 9.88. The van der Waals surface area contributed by atoms with Crippen molar-refractivity contribution in [2.24, 2.45) is 5.73 Å². The molecule has 2 atom stereocenters. The number of ether oxygens (including phenoxy) is 3. The average molecular weight is 635 g/mol. The molecule has 5 aliphatic rings. The van der Waals surface area contributed by atoms with E-state index in [9.17, 15) is 0 Å². The van der Waals surface area contributed by atoms with Crippen LogP contribution in [0.3, 0.4) is 0 Å². The Morgan fingerprint density at radius 3 is 2.87 bits per heavy atom. The number of halogens is 2. The second-order valence-corrected chi connectivity index (χ2v) is 13.4. The molecule has 13 heteroatoms. The highest BCUT2D eigenvalue weighted by atomic mass is 35.5. The molecule has 0 amide bonds. The first kappa shape index (κ1) is 28.7. The smallest absolute Gasteiger partial charge is 0.319 e. The second kappa shape index (κ2) is 10.7. The summed E-state index contributed by atoms with van der Waals surface area (Å²) in [7, 11) is 0. The van der Waals surface area contributed by atoms with Gasteiger partial charge in [0.15, 0.2) is 5.82 Å². The number of nitrogens with one attached hydrogen (secondary N) is 1. The van der Waals surface area contributed by atoms with Crippen LogP contribution in [0.15, 0.2) is 18.2 Å². The minimum atomic E-state index is -0.698. The summed E-state index contributed by atoms with van der Waals surface area (Å²) >= 11 is 6.73. The molecular weight excluding hydrogens is 599 g/mol. The van der Waals surface area contributed by atoms with E-state index < -0.39 is 5.82 Å². The zero-order valence-corrected chi connectivity index (χ0v) is 25.8. The number of pyridine rings is 1. The van der Waals surface area contributed by atoms with Gasteiger partial charge in [-0.3, -0.25) is 10.3 Å². The molecule has 4 fully saturated rings. The van der Waals surface area contributed by atoms with E-state index in [0.29, 0.717) is 53.7 Å². The Hall–Kier alpha value is -3.74. The Morgan fingerprint density at radius 2 is 2.07 bits per heavy atom. The monoisotopic (exact) mass is 634 g/mol. The minimum absolute atomic E-state index is 0.0206. The maximum atomic E-state index is 17.1. The van der Waals surface area contributed by atoms with Gasteiger partial charge in [-0.1, -0.05) is 23.8 Å². The third kappa shape index (κ3) is 4.68. The number of hydrogen-bond acceptors (Lipinski definition) is 10. The highest BCUT2D eigenvalue weighted by Crippen LogP contribution is 2.51. The lowest BCUT2D eigenvalue weighted by atomic mass is 9.92. The first-order chi connectivity index (χ1) is 21.7. The van der Waals surface area contributed by atoms with Crippen molar-refractivity contribution in [3.05, 3.63) is 40.2 Å². The van der Waals surface area contributed by atoms with Gasteiger partial charge in [-0.25, -0.2) is 9.37 Å². The van der Waals surface area contributed by atoms with Gasteiger partial charge in [0.2, 0.25) is 5.88 Å². The van der Waals surface area contributed by atoms with Crippen LogP contribution in [0.2, 0.25) is 5.02 Å². The van der Waals surface area contributed by atoms with E-state index in [4.69, 9.17) is 57.6 Å². The molecule has 236 valence electrons. The summed E-state index contributed by atoms with van der Waals surface area (Å²) in [5.74, 6) is -0.222. The Balaban J connectivity index is 1.33. The number of hydrogen-bond donors (Lipinski definition) is 3. The van der Waals surface area contributed by atoms with Crippen molar-refractivity contribution in [3.63, 3.8) is 0 Å². The van der Waals surface area contributed by atoms with Gasteiger partial charge < -0.3 is 30.6 Å². The van der Waals surface area contributed by atoms with Crippen LogP contribution in [-0.2, 0) is 4.74 Å². The molecule has 1 saturated carbocycles. The molecule has 1 aliphatic carbocycles. The van der Waals surface area contributed by atoms with Crippen LogP contribution < -0.4 is 25.8 Å². The number of amidine groups is 1. The molecule has 3 saturated heterocycles. The zero-order chi connectivity index (χ0) is 31.0. The van der Waals surface area contributed by atoms with Crippen molar-refractivity contribution in [3.8, 4) is 23.1 Å². The summed E-state index contributed by atoms with van der Waals surface area (Å²) in [4.78, 5) is 18.9. The molecule has 45 heavy (non-hydrogen) atoms. The van der Waals surface area contributed by atoms with Crippen molar-refractivity contribution in [1.82, 2.24) is 19.9 Å². The molecule has 0 bridgehead atoms. The number of rotatable bonds is 6. The van der Waals surface area contributed by atoms with Gasteiger partial charge in [-0.15, -0.1) is 0 Å². The van der Waals surface area contributed by atoms with E-state index in [2.05, 4.69) is 16.4 Å². The lowest BCUT2D eigenvalue weighted by Gasteiger charge is -2.31. The summed E-state index contributed by atoms with van der Waals surface area (Å²) in [5, 5.41) is 9.14. The van der Waals surface area contributed by atoms with E-state index in [1.165, 1.54) is 5.57 Å². The van der Waals surface area contributed by atoms with Crippen molar-refractivity contribution < 1.29 is 18.6 Å². The maximum Gasteiger partial charge on any atom is 0.319 e. The van der Waals surface area contributed by atoms with Gasteiger partial charge in [-0.2, -0.15) is 9.97 Å². The van der Waals surface area contributed by atoms with Crippen LogP contribution in [0.5, 0.6) is 11.9 Å². The van der Waals surface area contributed by atoms with Crippen LogP contribution in [0.1, 0.15) is 55.6 Å². The Labute approximate surface area is 265 Å². The van der Waals surface area contributed by atoms with Crippen LogP contribution in [0, 0.1) is 11.2 Å². The number of nitrogen functional groups attached to an aromatic ring is 2. The van der Waals surface area contributed by atoms with E-state index in [1.807, 2.05) is 0 Å². The lowest BCUT2D eigenvalue weighted by molar-refractivity contribution is 0.108. The molecule has 11 nitrogen and oxygen atoms in total. The number of nitrogens with zero attached hydrogens (tertiary/aromatic N) is 5. The molecule has 5 N–H and O–H groups in total. The number of nitrogens with two attached hydrogens (primary N) is 2. The van der Waals surface area contributed by atoms with Crippen LogP contribution in [-0.4, -0.2) is 83.3 Å². The molecule has 2 aromatic heterocycles. The summed E-state index contributed by atoms with van der Waals surface area (Å²) in [6.45, 7) is 8.40. The minimum Gasteiger partial charge on any atom is -0.475 e. The van der Waals surface area contributed by atoms with Crippen molar-refractivity contribution in [1.29, 1.82) is 5.41 Å². The van der Waals surface area contributed by atoms with Crippen LogP contribution in [0.25, 0.3) is 22.2 Å². The number of benzene rings is 1. The van der Waals surface area contributed by atoms with Crippen molar-refractivity contribution in [2.45, 2.75) is 56.0 Å². The summed E-state index contributed by atoms with van der Waals surface area (Å²) < 4.78 is 35.7. The summed E-state index contributed by atoms with van der Waals surface area (Å²) in [5.41, 5.74) is 14.8. The first-order valence-corrected chi connectivity index (χ1v) is 16.0. The topological polar surface area (TPSA) is 149 Å². The fraction of sp³-hybridized carbons (Fsp3) is 0.500. The van der Waals surface area contributed by atoms with Crippen LogP contribution in [0.4, 0.5) is 15.9 Å². The molecule has 1 aromatic carbocycles. The van der Waals surface area contributed by atoms with Crippen LogP contribution >= 0.6 is 11.6 Å². The van der Waals surface area contributed by atoms with E-state index in [1.54, 1.807) is 6.07 Å². The van der Waals surface area contributed by atoms with Gasteiger partial charge in [-0.05, 0) is 62.6 Å². The quantitative estimate of drug-likeness (QED) is 0.154. The summed E-state index contributed by atoms with van der Waals surface area (Å²) in [6, 6.07) is 1.50. The normalized spacial score (nSPS) is 24.6.